The highest BCUT2D eigenvalue weighted by Gasteiger charge is 2.50. The van der Waals surface area contributed by atoms with Crippen LogP contribution in [0.15, 0.2) is 48.5 Å². The minimum atomic E-state index is -1.15. The molecule has 0 atom stereocenters. The molecule has 1 saturated carbocycles. The second-order valence-electron chi connectivity index (χ2n) is 8.89. The van der Waals surface area contributed by atoms with Crippen LogP contribution in [-0.2, 0) is 9.59 Å². The van der Waals surface area contributed by atoms with Crippen molar-refractivity contribution < 1.29 is 19.5 Å². The largest absolute Gasteiger partial charge is 0.380 e. The maximum Gasteiger partial charge on any atom is 0.254 e. The molecular weight excluding hydrogens is 406 g/mol. The first-order valence-electron chi connectivity index (χ1n) is 11.3. The summed E-state index contributed by atoms with van der Waals surface area (Å²) in [5, 5.41) is 10.0. The molecule has 32 heavy (non-hydrogen) atoms. The van der Waals surface area contributed by atoms with Crippen LogP contribution in [0.1, 0.15) is 36.0 Å². The highest BCUT2D eigenvalue weighted by atomic mass is 16.3. The molecule has 3 fully saturated rings. The topological polar surface area (TPSA) is 81.2 Å². The third kappa shape index (κ3) is 3.88. The number of hydrogen-bond acceptors (Lipinski definition) is 4. The minimum Gasteiger partial charge on any atom is -0.380 e. The van der Waals surface area contributed by atoms with Gasteiger partial charge in [-0.1, -0.05) is 24.3 Å². The fourth-order valence-electron chi connectivity index (χ4n) is 4.50. The average molecular weight is 434 g/mol. The first-order chi connectivity index (χ1) is 15.4. The molecular formula is C25H27N3O4. The Morgan fingerprint density at radius 3 is 2.16 bits per heavy atom. The Labute approximate surface area is 187 Å². The summed E-state index contributed by atoms with van der Waals surface area (Å²) in [6, 6.07) is 15.5. The van der Waals surface area contributed by atoms with Crippen LogP contribution in [0.5, 0.6) is 0 Å². The lowest BCUT2D eigenvalue weighted by Gasteiger charge is -2.35. The van der Waals surface area contributed by atoms with E-state index >= 15 is 0 Å². The molecule has 2 aliphatic heterocycles. The quantitative estimate of drug-likeness (QED) is 0.802. The van der Waals surface area contributed by atoms with Gasteiger partial charge in [0.25, 0.3) is 11.8 Å². The number of carbonyl (C=O) groups excluding carboxylic acids is 3. The summed E-state index contributed by atoms with van der Waals surface area (Å²) < 4.78 is 0. The molecule has 3 amide bonds. The van der Waals surface area contributed by atoms with Gasteiger partial charge < -0.3 is 19.8 Å². The van der Waals surface area contributed by atoms with Crippen molar-refractivity contribution in [3.63, 3.8) is 0 Å². The van der Waals surface area contributed by atoms with Crippen LogP contribution in [0.4, 0.5) is 5.69 Å². The summed E-state index contributed by atoms with van der Waals surface area (Å²) in [5.74, 6) is -0.0896. The smallest absolute Gasteiger partial charge is 0.254 e. The lowest BCUT2D eigenvalue weighted by atomic mass is 10.0. The van der Waals surface area contributed by atoms with Crippen molar-refractivity contribution >= 4 is 23.4 Å². The molecule has 0 unspecified atom stereocenters. The summed E-state index contributed by atoms with van der Waals surface area (Å²) in [4.78, 5) is 42.5. The molecule has 2 heterocycles. The molecule has 7 heteroatoms. The summed E-state index contributed by atoms with van der Waals surface area (Å²) >= 11 is 0. The molecule has 0 bridgehead atoms. The Morgan fingerprint density at radius 1 is 0.844 bits per heavy atom. The predicted molar refractivity (Wildman–Crippen MR) is 120 cm³/mol. The summed E-state index contributed by atoms with van der Waals surface area (Å²) in [7, 11) is 0. The molecule has 166 valence electrons. The van der Waals surface area contributed by atoms with E-state index in [1.54, 1.807) is 9.80 Å². The van der Waals surface area contributed by atoms with E-state index in [1.165, 1.54) is 0 Å². The van der Waals surface area contributed by atoms with E-state index in [-0.39, 0.29) is 17.7 Å². The number of benzene rings is 2. The van der Waals surface area contributed by atoms with Gasteiger partial charge in [0.1, 0.15) is 5.60 Å². The molecule has 2 aromatic rings. The summed E-state index contributed by atoms with van der Waals surface area (Å²) in [6.07, 6.45) is 2.57. The number of carbonyl (C=O) groups is 3. The van der Waals surface area contributed by atoms with Gasteiger partial charge in [-0.05, 0) is 54.7 Å². The standard InChI is InChI=1S/C25H27N3O4/c29-22-5-2-12-28(22)21-4-1-3-20(17-21)18-6-8-19(9-7-18)23(30)26-13-15-27(16-14-26)24(31)25(32)10-11-25/h1,3-4,6-9,17,32H,2,5,10-16H2. The second-order valence-corrected chi connectivity index (χ2v) is 8.89. The predicted octanol–water partition coefficient (Wildman–Crippen LogP) is 2.29. The SMILES string of the molecule is O=C(c1ccc(-c2cccc(N3CCCC3=O)c2)cc1)N1CCN(C(=O)C2(O)CC2)CC1. The van der Waals surface area contributed by atoms with Gasteiger partial charge in [-0.25, -0.2) is 0 Å². The Balaban J connectivity index is 1.24. The van der Waals surface area contributed by atoms with Crippen molar-refractivity contribution in [2.75, 3.05) is 37.6 Å². The fourth-order valence-corrected chi connectivity index (χ4v) is 4.50. The lowest BCUT2D eigenvalue weighted by Crippen LogP contribution is -2.53. The van der Waals surface area contributed by atoms with Crippen molar-refractivity contribution in [2.45, 2.75) is 31.3 Å². The first kappa shape index (κ1) is 20.7. The number of rotatable bonds is 4. The molecule has 0 radical (unpaired) electrons. The van der Waals surface area contributed by atoms with E-state index < -0.39 is 5.60 Å². The maximum absolute atomic E-state index is 12.9. The molecule has 7 nitrogen and oxygen atoms in total. The van der Waals surface area contributed by atoms with Crippen LogP contribution in [0.2, 0.25) is 0 Å². The molecule has 2 aromatic carbocycles. The zero-order valence-corrected chi connectivity index (χ0v) is 18.0. The van der Waals surface area contributed by atoms with Crippen LogP contribution in [0, 0.1) is 0 Å². The third-order valence-electron chi connectivity index (χ3n) is 6.67. The highest BCUT2D eigenvalue weighted by Crippen LogP contribution is 2.37. The summed E-state index contributed by atoms with van der Waals surface area (Å²) in [6.45, 7) is 2.59. The van der Waals surface area contributed by atoms with Gasteiger partial charge in [0, 0.05) is 50.4 Å². The number of hydrogen-bond donors (Lipinski definition) is 1. The highest BCUT2D eigenvalue weighted by molar-refractivity contribution is 5.97. The van der Waals surface area contributed by atoms with Crippen LogP contribution < -0.4 is 4.90 Å². The molecule has 0 spiro atoms. The Bertz CT molecular complexity index is 1050. The van der Waals surface area contributed by atoms with Gasteiger partial charge >= 0.3 is 0 Å². The molecule has 3 aliphatic rings. The molecule has 1 N–H and O–H groups in total. The van der Waals surface area contributed by atoms with Crippen LogP contribution in [-0.4, -0.2) is 71.0 Å². The van der Waals surface area contributed by atoms with E-state index in [1.807, 2.05) is 53.4 Å². The molecule has 5 rings (SSSR count). The van der Waals surface area contributed by atoms with Crippen LogP contribution in [0.3, 0.4) is 0 Å². The Kier molecular flexibility index (Phi) is 5.21. The first-order valence-corrected chi connectivity index (χ1v) is 11.3. The number of amides is 3. The molecule has 1 aliphatic carbocycles. The van der Waals surface area contributed by atoms with Crippen molar-refractivity contribution in [2.24, 2.45) is 0 Å². The van der Waals surface area contributed by atoms with E-state index in [0.29, 0.717) is 51.0 Å². The minimum absolute atomic E-state index is 0.0507. The summed E-state index contributed by atoms with van der Waals surface area (Å²) in [5.41, 5.74) is 2.37. The number of piperazine rings is 1. The normalized spacial score (nSPS) is 19.9. The van der Waals surface area contributed by atoms with Gasteiger partial charge in [0.2, 0.25) is 5.91 Å². The van der Waals surface area contributed by atoms with E-state index in [0.717, 1.165) is 29.8 Å². The zero-order chi connectivity index (χ0) is 22.3. The zero-order valence-electron chi connectivity index (χ0n) is 18.0. The molecule has 0 aromatic heterocycles. The van der Waals surface area contributed by atoms with Gasteiger partial charge in [0.05, 0.1) is 0 Å². The van der Waals surface area contributed by atoms with E-state index in [9.17, 15) is 19.5 Å². The van der Waals surface area contributed by atoms with Crippen molar-refractivity contribution in [1.82, 2.24) is 9.80 Å². The van der Waals surface area contributed by atoms with Gasteiger partial charge in [-0.15, -0.1) is 0 Å². The monoisotopic (exact) mass is 433 g/mol. The van der Waals surface area contributed by atoms with E-state index in [2.05, 4.69) is 0 Å². The Morgan fingerprint density at radius 2 is 1.53 bits per heavy atom. The molecule has 2 saturated heterocycles. The maximum atomic E-state index is 12.9. The van der Waals surface area contributed by atoms with Gasteiger partial charge in [-0.2, -0.15) is 0 Å². The number of nitrogens with zero attached hydrogens (tertiary/aromatic N) is 3. The van der Waals surface area contributed by atoms with Crippen LogP contribution >= 0.6 is 0 Å². The average Bonchev–Trinajstić information content (AvgIpc) is 3.45. The number of aliphatic hydroxyl groups is 1. The van der Waals surface area contributed by atoms with Crippen molar-refractivity contribution in [3.05, 3.63) is 54.1 Å². The third-order valence-corrected chi connectivity index (χ3v) is 6.67. The van der Waals surface area contributed by atoms with Gasteiger partial charge in [0.15, 0.2) is 0 Å². The lowest BCUT2D eigenvalue weighted by molar-refractivity contribution is -0.143. The van der Waals surface area contributed by atoms with E-state index in [4.69, 9.17) is 0 Å². The van der Waals surface area contributed by atoms with Crippen molar-refractivity contribution in [3.8, 4) is 11.1 Å². The number of anilines is 1. The van der Waals surface area contributed by atoms with Crippen molar-refractivity contribution in [1.29, 1.82) is 0 Å². The Hall–Kier alpha value is -3.19. The van der Waals surface area contributed by atoms with Crippen LogP contribution in [0.25, 0.3) is 11.1 Å². The second kappa shape index (κ2) is 8.06. The van der Waals surface area contributed by atoms with Gasteiger partial charge in [-0.3, -0.25) is 14.4 Å². The fraction of sp³-hybridized carbons (Fsp3) is 0.400.